The van der Waals surface area contributed by atoms with Crippen LogP contribution in [0.25, 0.3) is 0 Å². The van der Waals surface area contributed by atoms with Gasteiger partial charge in [0.2, 0.25) is 0 Å². The first-order valence-corrected chi connectivity index (χ1v) is 11.1. The smallest absolute Gasteiger partial charge is 0.255 e. The van der Waals surface area contributed by atoms with E-state index in [2.05, 4.69) is 40.8 Å². The summed E-state index contributed by atoms with van der Waals surface area (Å²) in [7, 11) is 0. The largest absolute Gasteiger partial charge is 0.357 e. The Morgan fingerprint density at radius 3 is 2.52 bits per heavy atom. The van der Waals surface area contributed by atoms with Crippen LogP contribution in [0.5, 0.6) is 0 Å². The summed E-state index contributed by atoms with van der Waals surface area (Å²) >= 11 is 0. The zero-order valence-corrected chi connectivity index (χ0v) is 18.3. The number of nitrogens with zero attached hydrogens (tertiary/aromatic N) is 2. The summed E-state index contributed by atoms with van der Waals surface area (Å²) in [6.45, 7) is 12.4. The van der Waals surface area contributed by atoms with Crippen molar-refractivity contribution in [3.63, 3.8) is 0 Å². The maximum Gasteiger partial charge on any atom is 0.255 e. The number of rotatable bonds is 6. The van der Waals surface area contributed by atoms with Crippen molar-refractivity contribution in [3.8, 4) is 0 Å². The van der Waals surface area contributed by atoms with E-state index in [4.69, 9.17) is 0 Å². The Balaban J connectivity index is 1.62. The average molecular weight is 394 g/mol. The SMILES string of the molecule is C=C(/N=C\C(=C/C)NC(=O)c1cc2c(cc1C)CCCC2)N1CCC(CC)CC1. The van der Waals surface area contributed by atoms with Crippen LogP contribution in [0.4, 0.5) is 0 Å². The summed E-state index contributed by atoms with van der Waals surface area (Å²) < 4.78 is 0. The second-order valence-electron chi connectivity index (χ2n) is 8.35. The molecule has 1 amide bonds. The van der Waals surface area contributed by atoms with E-state index in [1.807, 2.05) is 19.9 Å². The molecule has 1 heterocycles. The lowest BCUT2D eigenvalue weighted by Crippen LogP contribution is -2.32. The van der Waals surface area contributed by atoms with E-state index in [1.165, 1.54) is 43.2 Å². The van der Waals surface area contributed by atoms with E-state index >= 15 is 0 Å². The molecule has 0 bridgehead atoms. The van der Waals surface area contributed by atoms with Crippen molar-refractivity contribution >= 4 is 12.1 Å². The molecule has 0 atom stereocenters. The Morgan fingerprint density at radius 1 is 1.24 bits per heavy atom. The Labute approximate surface area is 175 Å². The van der Waals surface area contributed by atoms with Gasteiger partial charge in [0.1, 0.15) is 5.82 Å². The highest BCUT2D eigenvalue weighted by atomic mass is 16.1. The van der Waals surface area contributed by atoms with Crippen molar-refractivity contribution in [2.24, 2.45) is 10.9 Å². The molecule has 2 aliphatic rings. The number of hydrogen-bond acceptors (Lipinski definition) is 3. The molecule has 4 heteroatoms. The first-order valence-electron chi connectivity index (χ1n) is 11.1. The number of amides is 1. The third-order valence-corrected chi connectivity index (χ3v) is 6.41. The molecule has 1 aliphatic heterocycles. The second-order valence-corrected chi connectivity index (χ2v) is 8.35. The van der Waals surface area contributed by atoms with Gasteiger partial charge in [-0.15, -0.1) is 0 Å². The highest BCUT2D eigenvalue weighted by Crippen LogP contribution is 2.25. The fraction of sp³-hybridized carbons (Fsp3) is 0.520. The number of allylic oxidation sites excluding steroid dienone is 2. The third kappa shape index (κ3) is 5.37. The first-order chi connectivity index (χ1) is 14.0. The molecule has 3 rings (SSSR count). The van der Waals surface area contributed by atoms with Crippen LogP contribution in [0.1, 0.15) is 73.0 Å². The van der Waals surface area contributed by atoms with Crippen LogP contribution >= 0.6 is 0 Å². The summed E-state index contributed by atoms with van der Waals surface area (Å²) in [6.07, 6.45) is 11.9. The van der Waals surface area contributed by atoms with Gasteiger partial charge in [-0.2, -0.15) is 0 Å². The summed E-state index contributed by atoms with van der Waals surface area (Å²) in [5.74, 6) is 1.54. The Kier molecular flexibility index (Phi) is 7.29. The Hall–Kier alpha value is -2.36. The molecule has 156 valence electrons. The number of piperidine rings is 1. The van der Waals surface area contributed by atoms with Gasteiger partial charge in [0.25, 0.3) is 5.91 Å². The molecule has 0 aromatic heterocycles. The number of fused-ring (bicyclic) bond motifs is 1. The predicted molar refractivity (Wildman–Crippen MR) is 121 cm³/mol. The van der Waals surface area contributed by atoms with Crippen LogP contribution in [0, 0.1) is 12.8 Å². The topological polar surface area (TPSA) is 44.7 Å². The normalized spacial score (nSPS) is 18.0. The van der Waals surface area contributed by atoms with E-state index in [0.29, 0.717) is 5.70 Å². The van der Waals surface area contributed by atoms with Gasteiger partial charge in [0, 0.05) is 18.7 Å². The summed E-state index contributed by atoms with van der Waals surface area (Å²) in [5, 5.41) is 3.02. The maximum absolute atomic E-state index is 12.9. The number of aryl methyl sites for hydroxylation is 3. The standard InChI is InChI=1S/C25H35N3O/c1-5-20-11-13-28(14-12-20)19(4)26-17-23(6-2)27-25(29)24-16-22-10-8-7-9-21(22)15-18(24)3/h6,15-17,20H,4-5,7-14H2,1-3H3,(H,27,29)/b23-6+,26-17-. The number of hydrogen-bond donors (Lipinski definition) is 1. The Morgan fingerprint density at radius 2 is 1.90 bits per heavy atom. The Bertz CT molecular complexity index is 814. The molecule has 1 aliphatic carbocycles. The van der Waals surface area contributed by atoms with Crippen LogP contribution in [-0.4, -0.2) is 30.1 Å². The minimum atomic E-state index is -0.0650. The van der Waals surface area contributed by atoms with E-state index in [9.17, 15) is 4.79 Å². The molecule has 1 N–H and O–H groups in total. The van der Waals surface area contributed by atoms with Gasteiger partial charge in [0.05, 0.1) is 11.9 Å². The van der Waals surface area contributed by atoms with Crippen molar-refractivity contribution in [1.29, 1.82) is 0 Å². The molecule has 1 saturated heterocycles. The zero-order chi connectivity index (χ0) is 20.8. The third-order valence-electron chi connectivity index (χ3n) is 6.41. The number of aliphatic imine (C=N–C) groups is 1. The van der Waals surface area contributed by atoms with Gasteiger partial charge < -0.3 is 10.2 Å². The van der Waals surface area contributed by atoms with Crippen molar-refractivity contribution in [1.82, 2.24) is 10.2 Å². The van der Waals surface area contributed by atoms with E-state index in [1.54, 1.807) is 6.21 Å². The lowest BCUT2D eigenvalue weighted by atomic mass is 9.88. The average Bonchev–Trinajstić information content (AvgIpc) is 2.75. The van der Waals surface area contributed by atoms with Gasteiger partial charge in [-0.1, -0.05) is 32.1 Å². The lowest BCUT2D eigenvalue weighted by molar-refractivity contribution is 0.0967. The quantitative estimate of drug-likeness (QED) is 0.678. The monoisotopic (exact) mass is 393 g/mol. The lowest BCUT2D eigenvalue weighted by Gasteiger charge is -2.32. The fourth-order valence-electron chi connectivity index (χ4n) is 4.36. The number of carbonyl (C=O) groups excluding carboxylic acids is 1. The molecule has 4 nitrogen and oxygen atoms in total. The highest BCUT2D eigenvalue weighted by Gasteiger charge is 2.19. The van der Waals surface area contributed by atoms with Gasteiger partial charge in [0.15, 0.2) is 0 Å². The van der Waals surface area contributed by atoms with Crippen LogP contribution in [0.15, 0.2) is 41.3 Å². The molecule has 1 aromatic carbocycles. The molecule has 0 saturated carbocycles. The van der Waals surface area contributed by atoms with Gasteiger partial charge in [-0.25, -0.2) is 4.99 Å². The van der Waals surface area contributed by atoms with E-state index in [-0.39, 0.29) is 5.91 Å². The van der Waals surface area contributed by atoms with E-state index < -0.39 is 0 Å². The highest BCUT2D eigenvalue weighted by molar-refractivity contribution is 6.00. The molecule has 0 radical (unpaired) electrons. The first kappa shape index (κ1) is 21.4. The summed E-state index contributed by atoms with van der Waals surface area (Å²) in [6, 6.07) is 4.27. The molecule has 29 heavy (non-hydrogen) atoms. The van der Waals surface area contributed by atoms with Crippen molar-refractivity contribution in [2.45, 2.75) is 65.7 Å². The predicted octanol–water partition coefficient (Wildman–Crippen LogP) is 5.17. The van der Waals surface area contributed by atoms with Gasteiger partial charge in [-0.05, 0) is 81.0 Å². The molecule has 0 spiro atoms. The fourth-order valence-corrected chi connectivity index (χ4v) is 4.36. The molecule has 1 aromatic rings. The number of carbonyl (C=O) groups is 1. The molecular weight excluding hydrogens is 358 g/mol. The number of benzene rings is 1. The second kappa shape index (κ2) is 9.91. The van der Waals surface area contributed by atoms with Crippen LogP contribution in [0.3, 0.4) is 0 Å². The van der Waals surface area contributed by atoms with Crippen molar-refractivity contribution < 1.29 is 4.79 Å². The maximum atomic E-state index is 12.9. The van der Waals surface area contributed by atoms with Gasteiger partial charge in [-0.3, -0.25) is 4.79 Å². The molecular formula is C25H35N3O. The van der Waals surface area contributed by atoms with Crippen LogP contribution in [-0.2, 0) is 12.8 Å². The molecule has 1 fully saturated rings. The number of likely N-dealkylation sites (tertiary alicyclic amines) is 1. The zero-order valence-electron chi connectivity index (χ0n) is 18.3. The van der Waals surface area contributed by atoms with E-state index in [0.717, 1.165) is 48.8 Å². The summed E-state index contributed by atoms with van der Waals surface area (Å²) in [4.78, 5) is 19.7. The minimum absolute atomic E-state index is 0.0650. The van der Waals surface area contributed by atoms with Gasteiger partial charge >= 0.3 is 0 Å². The van der Waals surface area contributed by atoms with Crippen LogP contribution in [0.2, 0.25) is 0 Å². The minimum Gasteiger partial charge on any atom is -0.357 e. The summed E-state index contributed by atoms with van der Waals surface area (Å²) in [5.41, 5.74) is 5.24. The number of nitrogens with one attached hydrogen (secondary N) is 1. The van der Waals surface area contributed by atoms with Crippen molar-refractivity contribution in [3.05, 3.63) is 58.6 Å². The van der Waals surface area contributed by atoms with Crippen LogP contribution < -0.4 is 5.32 Å². The molecule has 0 unspecified atom stereocenters. The van der Waals surface area contributed by atoms with Crippen molar-refractivity contribution in [2.75, 3.05) is 13.1 Å².